The number of aromatic nitrogens is 2. The van der Waals surface area contributed by atoms with Crippen molar-refractivity contribution in [3.05, 3.63) is 41.1 Å². The van der Waals surface area contributed by atoms with Crippen LogP contribution in [0.15, 0.2) is 41.1 Å². The molecule has 0 aliphatic heterocycles. The van der Waals surface area contributed by atoms with Crippen LogP contribution in [-0.2, 0) is 4.79 Å². The summed E-state index contributed by atoms with van der Waals surface area (Å²) in [5.74, 6) is 1.43. The molecule has 0 aliphatic rings. The number of thiophene rings is 1. The van der Waals surface area contributed by atoms with Crippen molar-refractivity contribution >= 4 is 34.0 Å². The van der Waals surface area contributed by atoms with E-state index in [2.05, 4.69) is 20.6 Å². The Morgan fingerprint density at radius 1 is 1.17 bits per heavy atom. The number of fused-ring (bicyclic) bond motifs is 1. The quantitative estimate of drug-likeness (QED) is 0.745. The second kappa shape index (κ2) is 6.97. The number of para-hydroxylation sites is 1. The Bertz CT molecular complexity index is 845. The number of nitrogens with zero attached hydrogens (tertiary/aromatic N) is 2. The molecule has 1 atom stereocenters. The van der Waals surface area contributed by atoms with Gasteiger partial charge in [-0.25, -0.2) is 9.97 Å². The van der Waals surface area contributed by atoms with Gasteiger partial charge in [-0.2, -0.15) is 11.3 Å². The summed E-state index contributed by atoms with van der Waals surface area (Å²) in [7, 11) is 1.65. The molecule has 124 valence electrons. The highest BCUT2D eigenvalue weighted by Gasteiger charge is 2.22. The first-order chi connectivity index (χ1) is 11.6. The Balaban J connectivity index is 2.10. The van der Waals surface area contributed by atoms with E-state index in [0.29, 0.717) is 11.6 Å². The molecule has 24 heavy (non-hydrogen) atoms. The number of carbonyl (C=O) groups is 1. The predicted octanol–water partition coefficient (Wildman–Crippen LogP) is 3.54. The number of rotatable bonds is 5. The minimum absolute atomic E-state index is 0.0511. The standard InChI is InChI=1S/C18H20N4OS/c1-11(2)15(18(23)19-3)21-17-13-6-4-5-7-14(13)20-16(22-17)12-8-9-24-10-12/h4-11,15H,1-3H3,(H,19,23)(H,20,21,22). The molecule has 0 bridgehead atoms. The van der Waals surface area contributed by atoms with Gasteiger partial charge < -0.3 is 10.6 Å². The summed E-state index contributed by atoms with van der Waals surface area (Å²) in [6.45, 7) is 4.02. The molecule has 0 radical (unpaired) electrons. The maximum absolute atomic E-state index is 12.2. The highest BCUT2D eigenvalue weighted by molar-refractivity contribution is 7.08. The third kappa shape index (κ3) is 3.23. The Kier molecular flexibility index (Phi) is 4.76. The van der Waals surface area contributed by atoms with Crippen molar-refractivity contribution < 1.29 is 4.79 Å². The summed E-state index contributed by atoms with van der Waals surface area (Å²) < 4.78 is 0. The lowest BCUT2D eigenvalue weighted by Gasteiger charge is -2.22. The van der Waals surface area contributed by atoms with Gasteiger partial charge in [-0.1, -0.05) is 26.0 Å². The van der Waals surface area contributed by atoms with Gasteiger partial charge in [0.15, 0.2) is 5.82 Å². The van der Waals surface area contributed by atoms with E-state index < -0.39 is 0 Å². The van der Waals surface area contributed by atoms with Crippen LogP contribution in [0.25, 0.3) is 22.3 Å². The van der Waals surface area contributed by atoms with Crippen LogP contribution < -0.4 is 10.6 Å². The zero-order valence-electron chi connectivity index (χ0n) is 13.9. The lowest BCUT2D eigenvalue weighted by atomic mass is 10.0. The van der Waals surface area contributed by atoms with E-state index in [-0.39, 0.29) is 17.9 Å². The number of benzene rings is 1. The molecule has 2 N–H and O–H groups in total. The van der Waals surface area contributed by atoms with Crippen molar-refractivity contribution in [1.82, 2.24) is 15.3 Å². The third-order valence-electron chi connectivity index (χ3n) is 3.87. The monoisotopic (exact) mass is 340 g/mol. The Hall–Kier alpha value is -2.47. The zero-order valence-corrected chi connectivity index (χ0v) is 14.7. The van der Waals surface area contributed by atoms with Gasteiger partial charge >= 0.3 is 0 Å². The third-order valence-corrected chi connectivity index (χ3v) is 4.55. The predicted molar refractivity (Wildman–Crippen MR) is 99.2 cm³/mol. The minimum atomic E-state index is -0.358. The SMILES string of the molecule is CNC(=O)C(Nc1nc(-c2ccsc2)nc2ccccc12)C(C)C. The lowest BCUT2D eigenvalue weighted by molar-refractivity contribution is -0.122. The van der Waals surface area contributed by atoms with E-state index in [9.17, 15) is 4.79 Å². The van der Waals surface area contributed by atoms with Crippen LogP contribution in [-0.4, -0.2) is 29.0 Å². The van der Waals surface area contributed by atoms with Crippen LogP contribution in [0.3, 0.4) is 0 Å². The summed E-state index contributed by atoms with van der Waals surface area (Å²) in [5, 5.41) is 11.0. The number of likely N-dealkylation sites (N-methyl/N-ethyl adjacent to an activating group) is 1. The van der Waals surface area contributed by atoms with Crippen LogP contribution in [0.2, 0.25) is 0 Å². The first-order valence-electron chi connectivity index (χ1n) is 7.87. The summed E-state index contributed by atoms with van der Waals surface area (Å²) in [6.07, 6.45) is 0. The minimum Gasteiger partial charge on any atom is -0.358 e. The normalized spacial score (nSPS) is 12.3. The molecule has 0 fully saturated rings. The summed E-state index contributed by atoms with van der Waals surface area (Å²) in [5.41, 5.74) is 1.84. The molecule has 6 heteroatoms. The van der Waals surface area contributed by atoms with Crippen LogP contribution in [0.4, 0.5) is 5.82 Å². The fraction of sp³-hybridized carbons (Fsp3) is 0.278. The first-order valence-corrected chi connectivity index (χ1v) is 8.82. The number of amides is 1. The second-order valence-corrected chi connectivity index (χ2v) is 6.69. The molecule has 3 rings (SSSR count). The molecular formula is C18H20N4OS. The van der Waals surface area contributed by atoms with Crippen LogP contribution in [0.1, 0.15) is 13.8 Å². The molecule has 1 amide bonds. The molecule has 0 spiro atoms. The molecule has 1 aromatic carbocycles. The van der Waals surface area contributed by atoms with Crippen molar-refractivity contribution in [2.45, 2.75) is 19.9 Å². The van der Waals surface area contributed by atoms with Gasteiger partial charge in [-0.3, -0.25) is 4.79 Å². The molecule has 0 saturated carbocycles. The molecular weight excluding hydrogens is 320 g/mol. The number of nitrogens with one attached hydrogen (secondary N) is 2. The first kappa shape index (κ1) is 16.4. The van der Waals surface area contributed by atoms with Gasteiger partial charge in [0, 0.05) is 23.4 Å². The highest BCUT2D eigenvalue weighted by Crippen LogP contribution is 2.27. The van der Waals surface area contributed by atoms with Crippen LogP contribution in [0, 0.1) is 5.92 Å². The van der Waals surface area contributed by atoms with Crippen molar-refractivity contribution in [2.24, 2.45) is 5.92 Å². The number of hydrogen-bond donors (Lipinski definition) is 2. The van der Waals surface area contributed by atoms with E-state index in [1.165, 1.54) is 0 Å². The zero-order chi connectivity index (χ0) is 17.1. The van der Waals surface area contributed by atoms with E-state index in [0.717, 1.165) is 16.5 Å². The summed E-state index contributed by atoms with van der Waals surface area (Å²) >= 11 is 1.61. The molecule has 3 aromatic rings. The van der Waals surface area contributed by atoms with Gasteiger partial charge in [-0.05, 0) is 29.5 Å². The van der Waals surface area contributed by atoms with Crippen molar-refractivity contribution in [2.75, 3.05) is 12.4 Å². The van der Waals surface area contributed by atoms with Gasteiger partial charge in [0.05, 0.1) is 5.52 Å². The second-order valence-electron chi connectivity index (χ2n) is 5.91. The Morgan fingerprint density at radius 2 is 1.96 bits per heavy atom. The van der Waals surface area contributed by atoms with Crippen molar-refractivity contribution in [3.8, 4) is 11.4 Å². The van der Waals surface area contributed by atoms with Crippen LogP contribution >= 0.6 is 11.3 Å². The van der Waals surface area contributed by atoms with Gasteiger partial charge in [-0.15, -0.1) is 0 Å². The highest BCUT2D eigenvalue weighted by atomic mass is 32.1. The smallest absolute Gasteiger partial charge is 0.242 e. The molecule has 1 unspecified atom stereocenters. The van der Waals surface area contributed by atoms with Gasteiger partial charge in [0.2, 0.25) is 5.91 Å². The van der Waals surface area contributed by atoms with Crippen molar-refractivity contribution in [3.63, 3.8) is 0 Å². The van der Waals surface area contributed by atoms with E-state index >= 15 is 0 Å². The molecule has 5 nitrogen and oxygen atoms in total. The molecule has 0 saturated heterocycles. The van der Waals surface area contributed by atoms with Gasteiger partial charge in [0.25, 0.3) is 0 Å². The van der Waals surface area contributed by atoms with Crippen LogP contribution in [0.5, 0.6) is 0 Å². The maximum atomic E-state index is 12.2. The molecule has 0 aliphatic carbocycles. The summed E-state index contributed by atoms with van der Waals surface area (Å²) in [6, 6.07) is 9.47. The van der Waals surface area contributed by atoms with Gasteiger partial charge in [0.1, 0.15) is 11.9 Å². The fourth-order valence-corrected chi connectivity index (χ4v) is 3.18. The Labute approximate surface area is 145 Å². The topological polar surface area (TPSA) is 66.9 Å². The number of hydrogen-bond acceptors (Lipinski definition) is 5. The largest absolute Gasteiger partial charge is 0.358 e. The molecule has 2 aromatic heterocycles. The average molecular weight is 340 g/mol. The van der Waals surface area contributed by atoms with E-state index in [1.807, 2.05) is 54.9 Å². The number of anilines is 1. The van der Waals surface area contributed by atoms with Crippen molar-refractivity contribution in [1.29, 1.82) is 0 Å². The maximum Gasteiger partial charge on any atom is 0.242 e. The lowest BCUT2D eigenvalue weighted by Crippen LogP contribution is -2.41. The van der Waals surface area contributed by atoms with E-state index in [1.54, 1.807) is 18.4 Å². The fourth-order valence-electron chi connectivity index (χ4n) is 2.55. The molecule has 2 heterocycles. The Morgan fingerprint density at radius 3 is 2.62 bits per heavy atom. The summed E-state index contributed by atoms with van der Waals surface area (Å²) in [4.78, 5) is 21.5. The number of carbonyl (C=O) groups excluding carboxylic acids is 1. The average Bonchev–Trinajstić information content (AvgIpc) is 3.13. The van der Waals surface area contributed by atoms with E-state index in [4.69, 9.17) is 0 Å².